The van der Waals surface area contributed by atoms with Gasteiger partial charge in [-0.05, 0) is 31.0 Å². The Balaban J connectivity index is 2.45. The average molecular weight is 235 g/mol. The summed E-state index contributed by atoms with van der Waals surface area (Å²) in [5.74, 6) is 0. The second-order valence-corrected chi connectivity index (χ2v) is 4.88. The Bertz CT molecular complexity index is 569. The molecule has 0 spiro atoms. The number of aryl methyl sites for hydroxylation is 2. The van der Waals surface area contributed by atoms with Crippen LogP contribution in [0.3, 0.4) is 0 Å². The highest BCUT2D eigenvalue weighted by Crippen LogP contribution is 2.32. The van der Waals surface area contributed by atoms with Gasteiger partial charge in [0.15, 0.2) is 0 Å². The van der Waals surface area contributed by atoms with Crippen LogP contribution in [-0.2, 0) is 13.1 Å². The molecule has 1 aliphatic rings. The van der Waals surface area contributed by atoms with Crippen LogP contribution < -0.4 is 5.32 Å². The number of benzene rings is 1. The van der Waals surface area contributed by atoms with Gasteiger partial charge < -0.3 is 9.88 Å². The lowest BCUT2D eigenvalue weighted by atomic mass is 10.1. The van der Waals surface area contributed by atoms with E-state index < -0.39 is 0 Å². The van der Waals surface area contributed by atoms with Crippen molar-refractivity contribution in [1.82, 2.24) is 9.88 Å². The lowest BCUT2D eigenvalue weighted by Crippen LogP contribution is -2.28. The molecular formula is C13H15ClN2. The molecule has 0 amide bonds. The molecule has 1 aromatic heterocycles. The van der Waals surface area contributed by atoms with Crippen molar-refractivity contribution in [1.29, 1.82) is 0 Å². The topological polar surface area (TPSA) is 17.0 Å². The molecule has 16 heavy (non-hydrogen) atoms. The minimum Gasteiger partial charge on any atom is -0.342 e. The zero-order valence-corrected chi connectivity index (χ0v) is 10.4. The molecule has 84 valence electrons. The van der Waals surface area contributed by atoms with Gasteiger partial charge >= 0.3 is 0 Å². The van der Waals surface area contributed by atoms with Gasteiger partial charge in [-0.3, -0.25) is 0 Å². The predicted molar refractivity (Wildman–Crippen MR) is 68.1 cm³/mol. The van der Waals surface area contributed by atoms with Gasteiger partial charge in [0.2, 0.25) is 0 Å². The van der Waals surface area contributed by atoms with Crippen LogP contribution in [0.25, 0.3) is 10.9 Å². The Morgan fingerprint density at radius 1 is 1.25 bits per heavy atom. The fraction of sp³-hybridized carbons (Fsp3) is 0.385. The molecule has 1 aromatic carbocycles. The first-order chi connectivity index (χ1) is 7.70. The molecule has 2 nitrogen and oxygen atoms in total. The predicted octanol–water partition coefficient (Wildman–Crippen LogP) is 3.01. The van der Waals surface area contributed by atoms with Gasteiger partial charge in [-0.1, -0.05) is 17.7 Å². The highest BCUT2D eigenvalue weighted by molar-refractivity contribution is 6.32. The molecule has 3 rings (SSSR count). The molecule has 0 radical (unpaired) electrons. The van der Waals surface area contributed by atoms with Crippen LogP contribution in [0.5, 0.6) is 0 Å². The lowest BCUT2D eigenvalue weighted by Gasteiger charge is -2.18. The van der Waals surface area contributed by atoms with Crippen molar-refractivity contribution in [3.63, 3.8) is 0 Å². The third kappa shape index (κ3) is 1.23. The van der Waals surface area contributed by atoms with Crippen molar-refractivity contribution < 1.29 is 0 Å². The summed E-state index contributed by atoms with van der Waals surface area (Å²) in [6.45, 7) is 7.37. The molecule has 0 fully saturated rings. The fourth-order valence-corrected chi connectivity index (χ4v) is 2.84. The van der Waals surface area contributed by atoms with Crippen LogP contribution in [0.1, 0.15) is 16.8 Å². The minimum atomic E-state index is 0.867. The standard InChI is InChI=1S/C13H15ClN2/c1-8-10-3-4-11(14)9(2)13(10)16-6-5-15-7-12(8)16/h3-4,15H,5-7H2,1-2H3. The maximum Gasteiger partial charge on any atom is 0.0530 e. The number of nitrogens with one attached hydrogen (secondary N) is 1. The van der Waals surface area contributed by atoms with Crippen LogP contribution in [0.4, 0.5) is 0 Å². The van der Waals surface area contributed by atoms with E-state index in [2.05, 4.69) is 29.8 Å². The number of rotatable bonds is 0. The molecule has 3 heteroatoms. The van der Waals surface area contributed by atoms with E-state index in [-0.39, 0.29) is 0 Å². The van der Waals surface area contributed by atoms with Gasteiger partial charge in [-0.2, -0.15) is 0 Å². The Morgan fingerprint density at radius 2 is 2.06 bits per heavy atom. The normalized spacial score (nSPS) is 15.4. The summed E-state index contributed by atoms with van der Waals surface area (Å²) in [7, 11) is 0. The molecule has 2 aromatic rings. The Kier molecular flexibility index (Phi) is 2.23. The first-order valence-electron chi connectivity index (χ1n) is 5.67. The first-order valence-corrected chi connectivity index (χ1v) is 6.05. The summed E-state index contributed by atoms with van der Waals surface area (Å²) in [6, 6.07) is 4.15. The van der Waals surface area contributed by atoms with E-state index in [0.29, 0.717) is 0 Å². The van der Waals surface area contributed by atoms with Crippen molar-refractivity contribution in [2.75, 3.05) is 6.54 Å². The minimum absolute atomic E-state index is 0.867. The zero-order chi connectivity index (χ0) is 11.3. The maximum absolute atomic E-state index is 6.21. The highest BCUT2D eigenvalue weighted by atomic mass is 35.5. The van der Waals surface area contributed by atoms with Gasteiger partial charge in [-0.25, -0.2) is 0 Å². The molecule has 0 atom stereocenters. The van der Waals surface area contributed by atoms with E-state index in [0.717, 1.165) is 24.7 Å². The summed E-state index contributed by atoms with van der Waals surface area (Å²) in [4.78, 5) is 0. The largest absolute Gasteiger partial charge is 0.342 e. The molecule has 0 saturated carbocycles. The molecule has 1 N–H and O–H groups in total. The number of halogens is 1. The molecule has 0 bridgehead atoms. The van der Waals surface area contributed by atoms with Gasteiger partial charge in [0.1, 0.15) is 0 Å². The second-order valence-electron chi connectivity index (χ2n) is 4.47. The monoisotopic (exact) mass is 234 g/mol. The van der Waals surface area contributed by atoms with Crippen LogP contribution in [0, 0.1) is 13.8 Å². The lowest BCUT2D eigenvalue weighted by molar-refractivity contribution is 0.524. The number of fused-ring (bicyclic) bond motifs is 3. The smallest absolute Gasteiger partial charge is 0.0530 e. The average Bonchev–Trinajstić information content (AvgIpc) is 2.59. The van der Waals surface area contributed by atoms with Gasteiger partial charge in [0, 0.05) is 35.7 Å². The van der Waals surface area contributed by atoms with Crippen molar-refractivity contribution in [2.24, 2.45) is 0 Å². The van der Waals surface area contributed by atoms with E-state index in [9.17, 15) is 0 Å². The summed E-state index contributed by atoms with van der Waals surface area (Å²) >= 11 is 6.21. The first kappa shape index (κ1) is 10.2. The third-order valence-electron chi connectivity index (χ3n) is 3.60. The van der Waals surface area contributed by atoms with E-state index >= 15 is 0 Å². The SMILES string of the molecule is Cc1c2n(c3c(C)c(Cl)ccc13)CCNC2. The number of aromatic nitrogens is 1. The van der Waals surface area contributed by atoms with E-state index in [1.165, 1.54) is 27.7 Å². The molecule has 0 unspecified atom stereocenters. The highest BCUT2D eigenvalue weighted by Gasteiger charge is 2.18. The fourth-order valence-electron chi connectivity index (χ4n) is 2.69. The van der Waals surface area contributed by atoms with E-state index in [1.807, 2.05) is 6.07 Å². The summed E-state index contributed by atoms with van der Waals surface area (Å²) in [5.41, 5.74) is 5.32. The van der Waals surface area contributed by atoms with Gasteiger partial charge in [0.25, 0.3) is 0 Å². The maximum atomic E-state index is 6.21. The summed E-state index contributed by atoms with van der Waals surface area (Å²) in [6.07, 6.45) is 0. The van der Waals surface area contributed by atoms with Gasteiger partial charge in [0.05, 0.1) is 5.52 Å². The summed E-state index contributed by atoms with van der Waals surface area (Å²) < 4.78 is 2.42. The molecule has 0 aliphatic carbocycles. The van der Waals surface area contributed by atoms with E-state index in [4.69, 9.17) is 11.6 Å². The van der Waals surface area contributed by atoms with E-state index in [1.54, 1.807) is 0 Å². The van der Waals surface area contributed by atoms with Crippen LogP contribution >= 0.6 is 11.6 Å². The van der Waals surface area contributed by atoms with Crippen LogP contribution in [0.2, 0.25) is 5.02 Å². The second kappa shape index (κ2) is 3.51. The molecule has 1 aliphatic heterocycles. The molecule has 0 saturated heterocycles. The van der Waals surface area contributed by atoms with Crippen LogP contribution in [0.15, 0.2) is 12.1 Å². The number of nitrogens with zero attached hydrogens (tertiary/aromatic N) is 1. The number of hydrogen-bond donors (Lipinski definition) is 1. The molecular weight excluding hydrogens is 220 g/mol. The van der Waals surface area contributed by atoms with Crippen molar-refractivity contribution in [2.45, 2.75) is 26.9 Å². The van der Waals surface area contributed by atoms with Crippen molar-refractivity contribution in [3.8, 4) is 0 Å². The zero-order valence-electron chi connectivity index (χ0n) is 9.60. The molecule has 2 heterocycles. The third-order valence-corrected chi connectivity index (χ3v) is 4.01. The summed E-state index contributed by atoms with van der Waals surface area (Å²) in [5, 5.41) is 5.64. The Hall–Kier alpha value is -0.990. The Labute approximate surface area is 100 Å². The van der Waals surface area contributed by atoms with Crippen molar-refractivity contribution in [3.05, 3.63) is 34.0 Å². The van der Waals surface area contributed by atoms with Crippen molar-refractivity contribution >= 4 is 22.5 Å². The van der Waals surface area contributed by atoms with Crippen LogP contribution in [-0.4, -0.2) is 11.1 Å². The van der Waals surface area contributed by atoms with Gasteiger partial charge in [-0.15, -0.1) is 0 Å². The Morgan fingerprint density at radius 3 is 2.88 bits per heavy atom. The quantitative estimate of drug-likeness (QED) is 0.742. The number of hydrogen-bond acceptors (Lipinski definition) is 1.